The Labute approximate surface area is 128 Å². The molecule has 1 heterocycles. The van der Waals surface area contributed by atoms with Gasteiger partial charge in [0.25, 0.3) is 0 Å². The Morgan fingerprint density at radius 1 is 1.36 bits per heavy atom. The molecule has 1 amide bonds. The number of alkyl carbamates (subject to hydrolysis) is 1. The monoisotopic (exact) mass is 324 g/mol. The third kappa shape index (κ3) is 7.31. The molecule has 22 heavy (non-hydrogen) atoms. The van der Waals surface area contributed by atoms with Gasteiger partial charge in [0.15, 0.2) is 6.10 Å². The molecule has 0 spiro atoms. The molecule has 1 rings (SSSR count). The van der Waals surface area contributed by atoms with Crippen LogP contribution in [0.1, 0.15) is 19.8 Å². The minimum Gasteiger partial charge on any atom is -0.441 e. The summed E-state index contributed by atoms with van der Waals surface area (Å²) in [4.78, 5) is 16.0. The maximum absolute atomic E-state index is 11.7. The molecular weight excluding hydrogens is 300 g/mol. The van der Waals surface area contributed by atoms with E-state index in [1.54, 1.807) is 0 Å². The molecule has 0 radical (unpaired) electrons. The molecule has 130 valence electrons. The lowest BCUT2D eigenvalue weighted by Crippen LogP contribution is -2.39. The van der Waals surface area contributed by atoms with Crippen LogP contribution >= 0.6 is 0 Å². The minimum absolute atomic E-state index is 0.108. The van der Waals surface area contributed by atoms with Crippen LogP contribution in [0.25, 0.3) is 0 Å². The number of carbonyl (C=O) groups is 1. The zero-order chi connectivity index (χ0) is 16.4. The highest BCUT2D eigenvalue weighted by molar-refractivity contribution is 5.67. The molecule has 10 nitrogen and oxygen atoms in total. The average molecular weight is 324 g/mol. The van der Waals surface area contributed by atoms with E-state index in [1.807, 2.05) is 6.92 Å². The topological polar surface area (TPSA) is 130 Å². The van der Waals surface area contributed by atoms with Gasteiger partial charge in [-0.15, -0.1) is 0 Å². The van der Waals surface area contributed by atoms with E-state index in [1.165, 1.54) is 0 Å². The highest BCUT2D eigenvalue weighted by Crippen LogP contribution is 2.20. The van der Waals surface area contributed by atoms with Gasteiger partial charge in [-0.05, 0) is 19.8 Å². The summed E-state index contributed by atoms with van der Waals surface area (Å²) in [6, 6.07) is 0. The van der Waals surface area contributed by atoms with Gasteiger partial charge in [0, 0.05) is 6.54 Å². The number of aliphatic hydroxyl groups is 1. The lowest BCUT2D eigenvalue weighted by molar-refractivity contribution is -0.492. The van der Waals surface area contributed by atoms with Crippen LogP contribution in [0.3, 0.4) is 0 Å². The Balaban J connectivity index is 2.15. The number of ether oxygens (including phenoxy) is 3. The summed E-state index contributed by atoms with van der Waals surface area (Å²) in [5.41, 5.74) is 0. The normalized spacial score (nSPS) is 24.7. The molecule has 0 aliphatic carbocycles. The summed E-state index contributed by atoms with van der Waals surface area (Å²) < 4.78 is 16.0. The minimum atomic E-state index is -0.577. The van der Waals surface area contributed by atoms with Crippen molar-refractivity contribution in [1.82, 2.24) is 10.7 Å². The summed E-state index contributed by atoms with van der Waals surface area (Å²) >= 11 is 0. The van der Waals surface area contributed by atoms with Gasteiger partial charge in [-0.1, -0.05) is 0 Å². The number of aliphatic hydroxyl groups excluding tert-OH is 1. The van der Waals surface area contributed by atoms with Gasteiger partial charge in [0.2, 0.25) is 0 Å². The van der Waals surface area contributed by atoms with Crippen molar-refractivity contribution in [2.24, 2.45) is 0 Å². The smallest absolute Gasteiger partial charge is 0.407 e. The van der Waals surface area contributed by atoms with E-state index in [2.05, 4.69) is 10.2 Å². The van der Waals surface area contributed by atoms with Crippen molar-refractivity contribution in [2.75, 3.05) is 33.0 Å². The molecule has 0 aromatic carbocycles. The van der Waals surface area contributed by atoms with Gasteiger partial charge in [0.1, 0.15) is 6.10 Å². The number of rotatable bonds is 10. The third-order valence-corrected chi connectivity index (χ3v) is 3.06. The molecule has 1 aliphatic heterocycles. The molecule has 0 saturated carbocycles. The molecule has 4 N–H and O–H groups in total. The van der Waals surface area contributed by atoms with Crippen LogP contribution < -0.4 is 5.32 Å². The van der Waals surface area contributed by atoms with Crippen LogP contribution in [0.2, 0.25) is 0 Å². The molecule has 1 saturated heterocycles. The molecule has 0 aromatic heterocycles. The number of hydrogen-bond acceptors (Lipinski definition) is 9. The maximum Gasteiger partial charge on any atom is 0.407 e. The molecule has 10 heteroatoms. The van der Waals surface area contributed by atoms with E-state index in [0.717, 1.165) is 0 Å². The highest BCUT2D eigenvalue weighted by Gasteiger charge is 2.38. The first kappa shape index (κ1) is 19.0. The van der Waals surface area contributed by atoms with Gasteiger partial charge in [-0.25, -0.2) is 4.79 Å². The zero-order valence-corrected chi connectivity index (χ0v) is 12.5. The highest BCUT2D eigenvalue weighted by atomic mass is 17.1. The summed E-state index contributed by atoms with van der Waals surface area (Å²) in [5.74, 6) is 0. The molecule has 3 atom stereocenters. The van der Waals surface area contributed by atoms with Crippen molar-refractivity contribution < 1.29 is 39.4 Å². The van der Waals surface area contributed by atoms with Crippen LogP contribution in [0.4, 0.5) is 4.79 Å². The summed E-state index contributed by atoms with van der Waals surface area (Å²) in [6.07, 6.45) is -0.573. The van der Waals surface area contributed by atoms with Crippen molar-refractivity contribution in [3.05, 3.63) is 0 Å². The van der Waals surface area contributed by atoms with Crippen molar-refractivity contribution in [1.29, 1.82) is 0 Å². The van der Waals surface area contributed by atoms with Gasteiger partial charge in [-0.3, -0.25) is 15.3 Å². The number of unbranched alkanes of at least 4 members (excludes halogenated alkanes) is 1. The summed E-state index contributed by atoms with van der Waals surface area (Å²) in [5, 5.41) is 27.6. The van der Waals surface area contributed by atoms with Crippen molar-refractivity contribution in [3.63, 3.8) is 0 Å². The lowest BCUT2D eigenvalue weighted by atomic mass is 10.2. The van der Waals surface area contributed by atoms with Crippen molar-refractivity contribution in [2.45, 2.75) is 38.1 Å². The zero-order valence-electron chi connectivity index (χ0n) is 12.5. The molecule has 0 unspecified atom stereocenters. The maximum atomic E-state index is 11.7. The summed E-state index contributed by atoms with van der Waals surface area (Å²) in [6.45, 7) is 2.60. The second-order valence-corrected chi connectivity index (χ2v) is 4.76. The second-order valence-electron chi connectivity index (χ2n) is 4.76. The average Bonchev–Trinajstić information content (AvgIpc) is 2.80. The largest absolute Gasteiger partial charge is 0.441 e. The van der Waals surface area contributed by atoms with E-state index in [0.29, 0.717) is 19.4 Å². The van der Waals surface area contributed by atoms with Crippen LogP contribution in [0.5, 0.6) is 0 Å². The van der Waals surface area contributed by atoms with Crippen molar-refractivity contribution in [3.8, 4) is 0 Å². The second kappa shape index (κ2) is 10.7. The SMILES string of the molecule is C[C@H]1OC[C@@H](OC(=O)NCCCCON(O)O)[C@H]1OCCO. The molecule has 0 aromatic rings. The van der Waals surface area contributed by atoms with E-state index >= 15 is 0 Å². The van der Waals surface area contributed by atoms with Crippen LogP contribution in [0.15, 0.2) is 0 Å². The Morgan fingerprint density at radius 3 is 2.82 bits per heavy atom. The Hall–Kier alpha value is -1.01. The molecular formula is C12H24N2O8. The number of hydrogen-bond donors (Lipinski definition) is 4. The predicted octanol–water partition coefficient (Wildman–Crippen LogP) is -0.330. The lowest BCUT2D eigenvalue weighted by Gasteiger charge is -2.21. The quantitative estimate of drug-likeness (QED) is 0.315. The fourth-order valence-corrected chi connectivity index (χ4v) is 2.01. The third-order valence-electron chi connectivity index (χ3n) is 3.06. The van der Waals surface area contributed by atoms with Gasteiger partial charge < -0.3 is 24.6 Å². The van der Waals surface area contributed by atoms with Gasteiger partial charge in [-0.2, -0.15) is 0 Å². The van der Waals surface area contributed by atoms with E-state index in [9.17, 15) is 4.79 Å². The standard InChI is InChI=1S/C12H24N2O8/c1-9-11(19-7-5-15)10(8-20-9)22-12(16)13-4-2-3-6-21-14(17)18/h9-11,15,17-18H,2-8H2,1H3,(H,13,16)/t9-,10-,11+/m1/s1. The van der Waals surface area contributed by atoms with E-state index < -0.39 is 18.3 Å². The van der Waals surface area contributed by atoms with Gasteiger partial charge in [0.05, 0.1) is 37.9 Å². The molecule has 1 fully saturated rings. The Bertz CT molecular complexity index is 318. The first-order valence-corrected chi connectivity index (χ1v) is 7.14. The molecule has 0 bridgehead atoms. The molecule has 1 aliphatic rings. The van der Waals surface area contributed by atoms with E-state index in [4.69, 9.17) is 29.7 Å². The van der Waals surface area contributed by atoms with Crippen LogP contribution in [-0.4, -0.2) is 78.3 Å². The number of amides is 1. The predicted molar refractivity (Wildman–Crippen MR) is 71.1 cm³/mol. The number of carbonyl (C=O) groups excluding carboxylic acids is 1. The first-order chi connectivity index (χ1) is 10.5. The first-order valence-electron chi connectivity index (χ1n) is 7.14. The van der Waals surface area contributed by atoms with E-state index in [-0.39, 0.29) is 37.9 Å². The van der Waals surface area contributed by atoms with Crippen LogP contribution in [0, 0.1) is 0 Å². The van der Waals surface area contributed by atoms with Crippen LogP contribution in [-0.2, 0) is 19.0 Å². The Kier molecular flexibility index (Phi) is 9.24. The number of nitrogens with one attached hydrogen (secondary N) is 1. The van der Waals surface area contributed by atoms with Gasteiger partial charge >= 0.3 is 6.09 Å². The fraction of sp³-hybridized carbons (Fsp3) is 0.917. The summed E-state index contributed by atoms with van der Waals surface area (Å²) in [7, 11) is 0. The number of nitrogens with zero attached hydrogens (tertiary/aromatic N) is 1. The van der Waals surface area contributed by atoms with Crippen molar-refractivity contribution >= 4 is 6.09 Å². The fourth-order valence-electron chi connectivity index (χ4n) is 2.01. The Morgan fingerprint density at radius 2 is 2.14 bits per heavy atom.